The highest BCUT2D eigenvalue weighted by Gasteiger charge is 2.36. The third kappa shape index (κ3) is 4.17. The lowest BCUT2D eigenvalue weighted by atomic mass is 9.75. The molecule has 1 aliphatic carbocycles. The fraction of sp³-hybridized carbons (Fsp3) is 1.00. The van der Waals surface area contributed by atoms with Gasteiger partial charge in [0.15, 0.2) is 0 Å². The molecule has 2 aliphatic rings. The summed E-state index contributed by atoms with van der Waals surface area (Å²) in [6.45, 7) is 8.61. The Morgan fingerprint density at radius 3 is 2.58 bits per heavy atom. The molecule has 1 N–H and O–H groups in total. The van der Waals surface area contributed by atoms with Gasteiger partial charge in [-0.2, -0.15) is 0 Å². The topological polar surface area (TPSA) is 18.5 Å². The number of likely N-dealkylation sites (N-methyl/N-ethyl adjacent to an activating group) is 1. The second-order valence-electron chi connectivity index (χ2n) is 7.05. The number of nitrogens with zero attached hydrogens (tertiary/aromatic N) is 2. The van der Waals surface area contributed by atoms with E-state index in [4.69, 9.17) is 0 Å². The van der Waals surface area contributed by atoms with Gasteiger partial charge in [0.1, 0.15) is 0 Å². The number of likely N-dealkylation sites (tertiary alicyclic amines) is 1. The molecule has 3 heteroatoms. The van der Waals surface area contributed by atoms with Gasteiger partial charge in [-0.1, -0.05) is 19.8 Å². The summed E-state index contributed by atoms with van der Waals surface area (Å²) in [4.78, 5) is 5.07. The molecule has 1 saturated carbocycles. The summed E-state index contributed by atoms with van der Waals surface area (Å²) in [5.74, 6) is 0.886. The quantitative estimate of drug-likeness (QED) is 0.744. The van der Waals surface area contributed by atoms with Crippen LogP contribution in [-0.4, -0.2) is 62.2 Å². The van der Waals surface area contributed by atoms with E-state index >= 15 is 0 Å². The average Bonchev–Trinajstić information content (AvgIpc) is 2.87. The first kappa shape index (κ1) is 15.3. The highest BCUT2D eigenvalue weighted by atomic mass is 15.2. The molecular weight excluding hydrogens is 234 g/mol. The van der Waals surface area contributed by atoms with Crippen molar-refractivity contribution in [3.8, 4) is 0 Å². The largest absolute Gasteiger partial charge is 0.314 e. The number of rotatable bonds is 6. The van der Waals surface area contributed by atoms with Crippen LogP contribution in [0.1, 0.15) is 45.4 Å². The minimum atomic E-state index is 0.405. The Hall–Kier alpha value is -0.120. The van der Waals surface area contributed by atoms with Gasteiger partial charge in [-0.15, -0.1) is 0 Å². The average molecular weight is 267 g/mol. The fourth-order valence-corrected chi connectivity index (χ4v) is 3.92. The van der Waals surface area contributed by atoms with Crippen LogP contribution >= 0.6 is 0 Å². The zero-order chi connectivity index (χ0) is 13.7. The zero-order valence-corrected chi connectivity index (χ0v) is 13.2. The summed E-state index contributed by atoms with van der Waals surface area (Å²) >= 11 is 0. The van der Waals surface area contributed by atoms with Gasteiger partial charge in [-0.05, 0) is 58.8 Å². The van der Waals surface area contributed by atoms with Gasteiger partial charge in [0.2, 0.25) is 0 Å². The summed E-state index contributed by atoms with van der Waals surface area (Å²) in [7, 11) is 4.53. The van der Waals surface area contributed by atoms with E-state index in [1.54, 1.807) is 0 Å². The van der Waals surface area contributed by atoms with Crippen molar-refractivity contribution < 1.29 is 0 Å². The maximum absolute atomic E-state index is 3.74. The monoisotopic (exact) mass is 267 g/mol. The van der Waals surface area contributed by atoms with E-state index in [1.807, 2.05) is 0 Å². The van der Waals surface area contributed by atoms with E-state index in [2.05, 4.69) is 36.1 Å². The van der Waals surface area contributed by atoms with Gasteiger partial charge < -0.3 is 15.1 Å². The highest BCUT2D eigenvalue weighted by Crippen LogP contribution is 2.35. The fourth-order valence-electron chi connectivity index (χ4n) is 3.92. The van der Waals surface area contributed by atoms with Crippen LogP contribution in [0.25, 0.3) is 0 Å². The molecule has 0 amide bonds. The number of nitrogens with one attached hydrogen (secondary N) is 1. The van der Waals surface area contributed by atoms with Crippen LogP contribution < -0.4 is 5.32 Å². The molecule has 2 unspecified atom stereocenters. The SMILES string of the molecule is CC1CCCC(CNCCN2CCCC2)(N(C)C)C1. The molecule has 0 radical (unpaired) electrons. The van der Waals surface area contributed by atoms with Crippen LogP contribution in [0.5, 0.6) is 0 Å². The predicted octanol–water partition coefficient (Wildman–Crippen LogP) is 2.18. The maximum Gasteiger partial charge on any atom is 0.0330 e. The van der Waals surface area contributed by atoms with Crippen LogP contribution in [0.4, 0.5) is 0 Å². The molecule has 0 bridgehead atoms. The van der Waals surface area contributed by atoms with Gasteiger partial charge >= 0.3 is 0 Å². The molecule has 0 aromatic rings. The number of hydrogen-bond donors (Lipinski definition) is 1. The summed E-state index contributed by atoms with van der Waals surface area (Å²) in [5.41, 5.74) is 0.405. The molecule has 3 nitrogen and oxygen atoms in total. The summed E-state index contributed by atoms with van der Waals surface area (Å²) in [5, 5.41) is 3.74. The van der Waals surface area contributed by atoms with Crippen molar-refractivity contribution in [3.63, 3.8) is 0 Å². The smallest absolute Gasteiger partial charge is 0.0330 e. The lowest BCUT2D eigenvalue weighted by molar-refractivity contribution is 0.0748. The second kappa shape index (κ2) is 7.05. The highest BCUT2D eigenvalue weighted by molar-refractivity contribution is 4.94. The van der Waals surface area contributed by atoms with E-state index in [1.165, 1.54) is 58.2 Å². The van der Waals surface area contributed by atoms with Crippen molar-refractivity contribution in [1.29, 1.82) is 0 Å². The normalized spacial score (nSPS) is 33.2. The third-order valence-corrected chi connectivity index (χ3v) is 5.27. The van der Waals surface area contributed by atoms with Gasteiger partial charge in [0.05, 0.1) is 0 Å². The summed E-state index contributed by atoms with van der Waals surface area (Å²) < 4.78 is 0. The molecule has 0 aromatic heterocycles. The van der Waals surface area contributed by atoms with Crippen LogP contribution in [0, 0.1) is 5.92 Å². The summed E-state index contributed by atoms with van der Waals surface area (Å²) in [6, 6.07) is 0. The van der Waals surface area contributed by atoms with Crippen LogP contribution in [-0.2, 0) is 0 Å². The van der Waals surface area contributed by atoms with Crippen molar-refractivity contribution >= 4 is 0 Å². The summed E-state index contributed by atoms with van der Waals surface area (Å²) in [6.07, 6.45) is 8.34. The van der Waals surface area contributed by atoms with Crippen molar-refractivity contribution in [2.24, 2.45) is 5.92 Å². The third-order valence-electron chi connectivity index (χ3n) is 5.27. The lowest BCUT2D eigenvalue weighted by Gasteiger charge is -2.45. The molecule has 1 heterocycles. The Labute approximate surface area is 119 Å². The van der Waals surface area contributed by atoms with E-state index in [9.17, 15) is 0 Å². The Bertz CT molecular complexity index is 261. The van der Waals surface area contributed by atoms with Gasteiger partial charge in [0, 0.05) is 25.2 Å². The van der Waals surface area contributed by atoms with Crippen molar-refractivity contribution in [2.45, 2.75) is 51.0 Å². The molecule has 1 aliphatic heterocycles. The first-order chi connectivity index (χ1) is 9.12. The van der Waals surface area contributed by atoms with Crippen molar-refractivity contribution in [3.05, 3.63) is 0 Å². The molecule has 2 atom stereocenters. The Balaban J connectivity index is 1.73. The molecular formula is C16H33N3. The predicted molar refractivity (Wildman–Crippen MR) is 82.6 cm³/mol. The van der Waals surface area contributed by atoms with E-state index < -0.39 is 0 Å². The molecule has 2 rings (SSSR count). The van der Waals surface area contributed by atoms with Crippen molar-refractivity contribution in [1.82, 2.24) is 15.1 Å². The molecule has 1 saturated heterocycles. The molecule has 0 spiro atoms. The minimum Gasteiger partial charge on any atom is -0.314 e. The zero-order valence-electron chi connectivity index (χ0n) is 13.2. The Kier molecular flexibility index (Phi) is 5.67. The lowest BCUT2D eigenvalue weighted by Crippen LogP contribution is -2.54. The van der Waals surface area contributed by atoms with Crippen molar-refractivity contribution in [2.75, 3.05) is 46.8 Å². The van der Waals surface area contributed by atoms with Gasteiger partial charge in [-0.3, -0.25) is 0 Å². The molecule has 19 heavy (non-hydrogen) atoms. The van der Waals surface area contributed by atoms with E-state index in [0.717, 1.165) is 19.0 Å². The van der Waals surface area contributed by atoms with Gasteiger partial charge in [-0.25, -0.2) is 0 Å². The second-order valence-corrected chi connectivity index (χ2v) is 7.05. The first-order valence-electron chi connectivity index (χ1n) is 8.23. The van der Waals surface area contributed by atoms with Crippen LogP contribution in [0.2, 0.25) is 0 Å². The Morgan fingerprint density at radius 2 is 1.95 bits per heavy atom. The van der Waals surface area contributed by atoms with E-state index in [-0.39, 0.29) is 0 Å². The van der Waals surface area contributed by atoms with E-state index in [0.29, 0.717) is 5.54 Å². The maximum atomic E-state index is 3.74. The van der Waals surface area contributed by atoms with Gasteiger partial charge in [0.25, 0.3) is 0 Å². The standard InChI is InChI=1S/C16H33N3/c1-15-7-6-8-16(13-15,18(2)3)14-17-9-12-19-10-4-5-11-19/h15,17H,4-14H2,1-3H3. The molecule has 0 aromatic carbocycles. The number of hydrogen-bond acceptors (Lipinski definition) is 3. The van der Waals surface area contributed by atoms with Crippen LogP contribution in [0.15, 0.2) is 0 Å². The minimum absolute atomic E-state index is 0.405. The molecule has 2 fully saturated rings. The first-order valence-corrected chi connectivity index (χ1v) is 8.23. The molecule has 112 valence electrons. The van der Waals surface area contributed by atoms with Crippen LogP contribution in [0.3, 0.4) is 0 Å². The Morgan fingerprint density at radius 1 is 1.21 bits per heavy atom.